The molecule has 1 fully saturated rings. The van der Waals surface area contributed by atoms with Gasteiger partial charge in [-0.2, -0.15) is 0 Å². The van der Waals surface area contributed by atoms with Crippen LogP contribution in [0.15, 0.2) is 0 Å². The lowest BCUT2D eigenvalue weighted by molar-refractivity contribution is 0.0408. The first-order chi connectivity index (χ1) is 4.61. The third kappa shape index (κ3) is 1.38. The summed E-state index contributed by atoms with van der Waals surface area (Å²) in [5.41, 5.74) is 0. The number of nitrogens with zero attached hydrogens (tertiary/aromatic N) is 1. The van der Waals surface area contributed by atoms with Gasteiger partial charge < -0.3 is 15.3 Å². The molecule has 1 aliphatic rings. The van der Waals surface area contributed by atoms with Gasteiger partial charge in [-0.15, -0.1) is 0 Å². The molecule has 2 atom stereocenters. The molecule has 58 valence electrons. The van der Waals surface area contributed by atoms with Crippen LogP contribution in [0.5, 0.6) is 0 Å². The number of thiocarbonyl (C=S) groups is 1. The van der Waals surface area contributed by atoms with Crippen molar-refractivity contribution in [2.75, 3.05) is 7.05 Å². The summed E-state index contributed by atoms with van der Waals surface area (Å²) in [5.74, 6) is 0. The lowest BCUT2D eigenvalue weighted by Gasteiger charge is -2.35. The van der Waals surface area contributed by atoms with Crippen LogP contribution >= 0.6 is 12.2 Å². The third-order valence-corrected chi connectivity index (χ3v) is 2.11. The van der Waals surface area contributed by atoms with E-state index in [9.17, 15) is 5.11 Å². The molecule has 0 aliphatic carbocycles. The van der Waals surface area contributed by atoms with Crippen LogP contribution in [0.2, 0.25) is 0 Å². The van der Waals surface area contributed by atoms with Gasteiger partial charge in [-0.3, -0.25) is 0 Å². The molecule has 1 saturated heterocycles. The molecular weight excluding hydrogens is 148 g/mol. The summed E-state index contributed by atoms with van der Waals surface area (Å²) >= 11 is 4.94. The van der Waals surface area contributed by atoms with E-state index < -0.39 is 6.23 Å². The Bertz CT molecular complexity index is 151. The predicted octanol–water partition coefficient (Wildman–Crippen LogP) is -0.0967. The maximum absolute atomic E-state index is 9.32. The molecule has 0 saturated carbocycles. The second-order valence-corrected chi connectivity index (χ2v) is 3.06. The molecule has 0 spiro atoms. The summed E-state index contributed by atoms with van der Waals surface area (Å²) in [7, 11) is 1.78. The van der Waals surface area contributed by atoms with E-state index in [0.29, 0.717) is 11.2 Å². The van der Waals surface area contributed by atoms with Gasteiger partial charge in [0.2, 0.25) is 0 Å². The summed E-state index contributed by atoms with van der Waals surface area (Å²) in [4.78, 5) is 1.66. The SMILES string of the molecule is CC1CC(O)N(C)C(=S)N1. The smallest absolute Gasteiger partial charge is 0.170 e. The van der Waals surface area contributed by atoms with E-state index in [4.69, 9.17) is 12.2 Å². The topological polar surface area (TPSA) is 35.5 Å². The zero-order valence-electron chi connectivity index (χ0n) is 6.16. The number of aliphatic hydroxyl groups is 1. The Balaban J connectivity index is 2.57. The minimum Gasteiger partial charge on any atom is -0.373 e. The fourth-order valence-electron chi connectivity index (χ4n) is 0.981. The lowest BCUT2D eigenvalue weighted by atomic mass is 10.2. The molecule has 0 aromatic rings. The van der Waals surface area contributed by atoms with Crippen molar-refractivity contribution >= 4 is 17.3 Å². The second kappa shape index (κ2) is 2.72. The van der Waals surface area contributed by atoms with E-state index >= 15 is 0 Å². The van der Waals surface area contributed by atoms with Crippen LogP contribution in [0.4, 0.5) is 0 Å². The fourth-order valence-corrected chi connectivity index (χ4v) is 1.30. The van der Waals surface area contributed by atoms with Gasteiger partial charge >= 0.3 is 0 Å². The highest BCUT2D eigenvalue weighted by molar-refractivity contribution is 7.80. The van der Waals surface area contributed by atoms with Crippen LogP contribution in [0.1, 0.15) is 13.3 Å². The number of hydrogen-bond acceptors (Lipinski definition) is 2. The molecule has 0 aromatic heterocycles. The molecule has 4 heteroatoms. The highest BCUT2D eigenvalue weighted by Gasteiger charge is 2.23. The molecule has 0 aromatic carbocycles. The molecule has 0 bridgehead atoms. The Morgan fingerprint density at radius 2 is 2.40 bits per heavy atom. The predicted molar refractivity (Wildman–Crippen MR) is 43.6 cm³/mol. The molecule has 2 N–H and O–H groups in total. The van der Waals surface area contributed by atoms with Crippen molar-refractivity contribution in [1.82, 2.24) is 10.2 Å². The normalized spacial score (nSPS) is 33.9. The Morgan fingerprint density at radius 1 is 1.80 bits per heavy atom. The zero-order chi connectivity index (χ0) is 7.72. The third-order valence-electron chi connectivity index (χ3n) is 1.70. The maximum Gasteiger partial charge on any atom is 0.170 e. The summed E-state index contributed by atoms with van der Waals surface area (Å²) in [6, 6.07) is 0.290. The minimum absolute atomic E-state index is 0.290. The summed E-state index contributed by atoms with van der Waals surface area (Å²) in [6.45, 7) is 2.00. The number of rotatable bonds is 0. The van der Waals surface area contributed by atoms with Gasteiger partial charge in [-0.1, -0.05) is 0 Å². The Kier molecular flexibility index (Phi) is 2.11. The van der Waals surface area contributed by atoms with Gasteiger partial charge in [-0.25, -0.2) is 0 Å². The average Bonchev–Trinajstić information content (AvgIpc) is 1.82. The van der Waals surface area contributed by atoms with E-state index in [1.165, 1.54) is 0 Å². The summed E-state index contributed by atoms with van der Waals surface area (Å²) in [6.07, 6.45) is 0.320. The van der Waals surface area contributed by atoms with E-state index in [2.05, 4.69) is 5.32 Å². The maximum atomic E-state index is 9.32. The van der Waals surface area contributed by atoms with Crippen molar-refractivity contribution in [3.8, 4) is 0 Å². The van der Waals surface area contributed by atoms with Gasteiger partial charge in [-0.05, 0) is 19.1 Å². The molecule has 1 aliphatic heterocycles. The van der Waals surface area contributed by atoms with Crippen LogP contribution in [-0.4, -0.2) is 34.4 Å². The summed E-state index contributed by atoms with van der Waals surface area (Å²) in [5, 5.41) is 13.0. The average molecular weight is 160 g/mol. The molecule has 0 amide bonds. The molecule has 3 nitrogen and oxygen atoms in total. The van der Waals surface area contributed by atoms with Crippen molar-refractivity contribution in [2.45, 2.75) is 25.6 Å². The Labute approximate surface area is 66.0 Å². The largest absolute Gasteiger partial charge is 0.373 e. The van der Waals surface area contributed by atoms with Gasteiger partial charge in [0.05, 0.1) is 0 Å². The van der Waals surface area contributed by atoms with Crippen molar-refractivity contribution < 1.29 is 5.11 Å². The molecular formula is C6H12N2OS. The van der Waals surface area contributed by atoms with E-state index in [-0.39, 0.29) is 0 Å². The minimum atomic E-state index is -0.413. The van der Waals surface area contributed by atoms with Crippen molar-refractivity contribution in [3.63, 3.8) is 0 Å². The first-order valence-electron chi connectivity index (χ1n) is 3.32. The van der Waals surface area contributed by atoms with E-state index in [0.717, 1.165) is 6.42 Å². The van der Waals surface area contributed by atoms with Crippen molar-refractivity contribution in [2.24, 2.45) is 0 Å². The van der Waals surface area contributed by atoms with E-state index in [1.54, 1.807) is 11.9 Å². The standard InChI is InChI=1S/C6H12N2OS/c1-4-3-5(9)8(2)6(10)7-4/h4-5,9H,3H2,1-2H3,(H,7,10). The Hall–Kier alpha value is -0.350. The van der Waals surface area contributed by atoms with Crippen LogP contribution in [0, 0.1) is 0 Å². The Morgan fingerprint density at radius 3 is 2.90 bits per heavy atom. The molecule has 2 unspecified atom stereocenters. The van der Waals surface area contributed by atoms with E-state index in [1.807, 2.05) is 6.92 Å². The van der Waals surface area contributed by atoms with Crippen molar-refractivity contribution in [1.29, 1.82) is 0 Å². The number of nitrogens with one attached hydrogen (secondary N) is 1. The number of hydrogen-bond donors (Lipinski definition) is 2. The summed E-state index contributed by atoms with van der Waals surface area (Å²) < 4.78 is 0. The number of aliphatic hydroxyl groups excluding tert-OH is 1. The highest BCUT2D eigenvalue weighted by atomic mass is 32.1. The van der Waals surface area contributed by atoms with Crippen LogP contribution in [0.25, 0.3) is 0 Å². The highest BCUT2D eigenvalue weighted by Crippen LogP contribution is 2.08. The van der Waals surface area contributed by atoms with Crippen LogP contribution in [0.3, 0.4) is 0 Å². The van der Waals surface area contributed by atoms with Gasteiger partial charge in [0.1, 0.15) is 6.23 Å². The lowest BCUT2D eigenvalue weighted by Crippen LogP contribution is -2.53. The monoisotopic (exact) mass is 160 g/mol. The second-order valence-electron chi connectivity index (χ2n) is 2.68. The van der Waals surface area contributed by atoms with Gasteiger partial charge in [0.15, 0.2) is 5.11 Å². The first-order valence-corrected chi connectivity index (χ1v) is 3.73. The first kappa shape index (κ1) is 7.75. The van der Waals surface area contributed by atoms with Crippen LogP contribution in [-0.2, 0) is 0 Å². The zero-order valence-corrected chi connectivity index (χ0v) is 6.98. The van der Waals surface area contributed by atoms with Crippen molar-refractivity contribution in [3.05, 3.63) is 0 Å². The fraction of sp³-hybridized carbons (Fsp3) is 0.833. The molecule has 1 rings (SSSR count). The van der Waals surface area contributed by atoms with Gasteiger partial charge in [0, 0.05) is 19.5 Å². The molecule has 10 heavy (non-hydrogen) atoms. The molecule has 0 radical (unpaired) electrons. The quantitative estimate of drug-likeness (QED) is 0.485. The molecule has 1 heterocycles. The van der Waals surface area contributed by atoms with Gasteiger partial charge in [0.25, 0.3) is 0 Å². The van der Waals surface area contributed by atoms with Crippen LogP contribution < -0.4 is 5.32 Å².